The van der Waals surface area contributed by atoms with Gasteiger partial charge in [0.1, 0.15) is 12.1 Å². The zero-order valence-corrected chi connectivity index (χ0v) is 19.0. The fraction of sp³-hybridized carbons (Fsp3) is 0.423. The van der Waals surface area contributed by atoms with E-state index >= 15 is 0 Å². The molecule has 0 atom stereocenters. The van der Waals surface area contributed by atoms with Crippen molar-refractivity contribution < 1.29 is 24.2 Å². The Morgan fingerprint density at radius 1 is 0.941 bits per heavy atom. The monoisotopic (exact) mass is 463 g/mol. The number of amides is 2. The third kappa shape index (κ3) is 4.37. The summed E-state index contributed by atoms with van der Waals surface area (Å²) >= 11 is 0. The van der Waals surface area contributed by atoms with Crippen molar-refractivity contribution >= 4 is 18.0 Å². The molecule has 178 valence electrons. The predicted molar refractivity (Wildman–Crippen MR) is 125 cm³/mol. The van der Waals surface area contributed by atoms with Crippen molar-refractivity contribution in [3.8, 4) is 11.1 Å². The van der Waals surface area contributed by atoms with Crippen LogP contribution in [0.2, 0.25) is 0 Å². The SMILES string of the molecule is O=C(O)CCN1CCN(C(=O)C2(NC(=O)OCC3c4ccccc4-c4ccccc43)CC2)CC1. The fourth-order valence-corrected chi connectivity index (χ4v) is 5.08. The molecule has 2 aliphatic carbocycles. The molecule has 2 aromatic carbocycles. The molecule has 8 nitrogen and oxygen atoms in total. The van der Waals surface area contributed by atoms with Gasteiger partial charge in [-0.05, 0) is 35.1 Å². The Labute approximate surface area is 198 Å². The smallest absolute Gasteiger partial charge is 0.408 e. The minimum atomic E-state index is -0.869. The summed E-state index contributed by atoms with van der Waals surface area (Å²) in [5.74, 6) is -0.912. The van der Waals surface area contributed by atoms with E-state index in [4.69, 9.17) is 9.84 Å². The average molecular weight is 464 g/mol. The van der Waals surface area contributed by atoms with Crippen LogP contribution in [0.1, 0.15) is 36.3 Å². The van der Waals surface area contributed by atoms with E-state index in [1.807, 2.05) is 24.3 Å². The Kier molecular flexibility index (Phi) is 6.00. The van der Waals surface area contributed by atoms with Gasteiger partial charge in [0.25, 0.3) is 0 Å². The lowest BCUT2D eigenvalue weighted by Gasteiger charge is -2.36. The summed E-state index contributed by atoms with van der Waals surface area (Å²) in [6.07, 6.45) is 0.749. The molecule has 2 aromatic rings. The van der Waals surface area contributed by atoms with Crippen LogP contribution in [0.4, 0.5) is 4.79 Å². The third-order valence-electron chi connectivity index (χ3n) is 7.15. The lowest BCUT2D eigenvalue weighted by Crippen LogP contribution is -2.56. The summed E-state index contributed by atoms with van der Waals surface area (Å²) in [5.41, 5.74) is 3.77. The van der Waals surface area contributed by atoms with Gasteiger partial charge in [-0.15, -0.1) is 0 Å². The maximum atomic E-state index is 13.1. The molecular formula is C26H29N3O5. The zero-order chi connectivity index (χ0) is 23.7. The molecule has 0 unspecified atom stereocenters. The largest absolute Gasteiger partial charge is 0.481 e. The van der Waals surface area contributed by atoms with Crippen LogP contribution >= 0.6 is 0 Å². The molecule has 0 radical (unpaired) electrons. The molecule has 1 heterocycles. The van der Waals surface area contributed by atoms with E-state index < -0.39 is 17.6 Å². The second-order valence-corrected chi connectivity index (χ2v) is 9.31. The van der Waals surface area contributed by atoms with Crippen LogP contribution in [-0.4, -0.2) is 77.7 Å². The van der Waals surface area contributed by atoms with E-state index in [0.29, 0.717) is 45.6 Å². The number of nitrogens with zero attached hydrogens (tertiary/aromatic N) is 2. The lowest BCUT2D eigenvalue weighted by molar-refractivity contribution is -0.139. The normalized spacial score (nSPS) is 18.6. The maximum Gasteiger partial charge on any atom is 0.408 e. The van der Waals surface area contributed by atoms with Crippen molar-refractivity contribution in [3.05, 3.63) is 59.7 Å². The van der Waals surface area contributed by atoms with Crippen LogP contribution in [0.5, 0.6) is 0 Å². The molecule has 5 rings (SSSR count). The molecule has 1 saturated heterocycles. The fourth-order valence-electron chi connectivity index (χ4n) is 5.08. The van der Waals surface area contributed by atoms with E-state index in [2.05, 4.69) is 34.5 Å². The highest BCUT2D eigenvalue weighted by molar-refractivity contribution is 5.93. The lowest BCUT2D eigenvalue weighted by atomic mass is 9.98. The molecule has 0 bridgehead atoms. The number of fused-ring (bicyclic) bond motifs is 3. The van der Waals surface area contributed by atoms with Crippen LogP contribution in [0, 0.1) is 0 Å². The molecule has 2 amide bonds. The Bertz CT molecular complexity index is 1060. The minimum absolute atomic E-state index is 0.0251. The van der Waals surface area contributed by atoms with Crippen LogP contribution in [0.3, 0.4) is 0 Å². The van der Waals surface area contributed by atoms with Crippen molar-refractivity contribution in [3.63, 3.8) is 0 Å². The molecule has 2 fully saturated rings. The Hall–Kier alpha value is -3.39. The van der Waals surface area contributed by atoms with E-state index in [1.54, 1.807) is 4.90 Å². The van der Waals surface area contributed by atoms with E-state index in [-0.39, 0.29) is 24.9 Å². The summed E-state index contributed by atoms with van der Waals surface area (Å²) in [6.45, 7) is 3.05. The molecule has 1 saturated carbocycles. The van der Waals surface area contributed by atoms with Gasteiger partial charge in [-0.1, -0.05) is 48.5 Å². The Morgan fingerprint density at radius 3 is 2.09 bits per heavy atom. The van der Waals surface area contributed by atoms with E-state index in [9.17, 15) is 14.4 Å². The summed E-state index contributed by atoms with van der Waals surface area (Å²) in [4.78, 5) is 40.4. The number of piperazine rings is 1. The van der Waals surface area contributed by atoms with Gasteiger partial charge >= 0.3 is 12.1 Å². The molecule has 0 aromatic heterocycles. The van der Waals surface area contributed by atoms with Crippen LogP contribution < -0.4 is 5.32 Å². The molecule has 3 aliphatic rings. The van der Waals surface area contributed by atoms with Crippen LogP contribution in [-0.2, 0) is 14.3 Å². The molecule has 8 heteroatoms. The first-order valence-corrected chi connectivity index (χ1v) is 11.8. The van der Waals surface area contributed by atoms with E-state index in [1.165, 1.54) is 11.1 Å². The van der Waals surface area contributed by atoms with E-state index in [0.717, 1.165) is 11.1 Å². The number of nitrogens with one attached hydrogen (secondary N) is 1. The highest BCUT2D eigenvalue weighted by Crippen LogP contribution is 2.44. The van der Waals surface area contributed by atoms with Crippen molar-refractivity contribution in [2.24, 2.45) is 0 Å². The number of hydrogen-bond acceptors (Lipinski definition) is 5. The number of ether oxygens (including phenoxy) is 1. The quantitative estimate of drug-likeness (QED) is 0.655. The van der Waals surface area contributed by atoms with Gasteiger partial charge in [0.2, 0.25) is 5.91 Å². The van der Waals surface area contributed by atoms with Gasteiger partial charge in [0.05, 0.1) is 6.42 Å². The van der Waals surface area contributed by atoms with Gasteiger partial charge in [0.15, 0.2) is 0 Å². The Morgan fingerprint density at radius 2 is 1.53 bits per heavy atom. The van der Waals surface area contributed by atoms with Gasteiger partial charge in [-0.2, -0.15) is 0 Å². The third-order valence-corrected chi connectivity index (χ3v) is 7.15. The van der Waals surface area contributed by atoms with Crippen LogP contribution in [0.25, 0.3) is 11.1 Å². The van der Waals surface area contributed by atoms with Gasteiger partial charge in [0, 0.05) is 38.6 Å². The highest BCUT2D eigenvalue weighted by Gasteiger charge is 2.53. The molecule has 0 spiro atoms. The van der Waals surface area contributed by atoms with Crippen molar-refractivity contribution in [1.82, 2.24) is 15.1 Å². The topological polar surface area (TPSA) is 99.2 Å². The number of carboxylic acid groups (broad SMARTS) is 1. The standard InChI is InChI=1S/C26H29N3O5/c30-23(31)9-12-28-13-15-29(16-14-28)24(32)26(10-11-26)27-25(33)34-17-22-20-7-3-1-5-18(20)19-6-2-4-8-21(19)22/h1-8,22H,9-17H2,(H,27,33)(H,30,31). The van der Waals surface area contributed by atoms with Crippen molar-refractivity contribution in [2.45, 2.75) is 30.7 Å². The summed E-state index contributed by atoms with van der Waals surface area (Å²) in [7, 11) is 0. The maximum absolute atomic E-state index is 13.1. The molecule has 34 heavy (non-hydrogen) atoms. The van der Waals surface area contributed by atoms with Gasteiger partial charge in [-0.3, -0.25) is 14.5 Å². The number of rotatable bonds is 7. The predicted octanol–water partition coefficient (Wildman–Crippen LogP) is 2.68. The van der Waals surface area contributed by atoms with Gasteiger partial charge in [-0.25, -0.2) is 4.79 Å². The zero-order valence-electron chi connectivity index (χ0n) is 19.0. The number of carbonyl (C=O) groups excluding carboxylic acids is 2. The summed E-state index contributed by atoms with van der Waals surface area (Å²) < 4.78 is 5.64. The van der Waals surface area contributed by atoms with Gasteiger partial charge < -0.3 is 20.1 Å². The number of carboxylic acids is 1. The van der Waals surface area contributed by atoms with Crippen LogP contribution in [0.15, 0.2) is 48.5 Å². The number of benzene rings is 2. The van der Waals surface area contributed by atoms with Crippen molar-refractivity contribution in [2.75, 3.05) is 39.3 Å². The first-order chi connectivity index (χ1) is 16.5. The first-order valence-electron chi connectivity index (χ1n) is 11.8. The molecular weight excluding hydrogens is 434 g/mol. The second-order valence-electron chi connectivity index (χ2n) is 9.31. The number of carbonyl (C=O) groups is 3. The Balaban J connectivity index is 1.16. The summed E-state index contributed by atoms with van der Waals surface area (Å²) in [5, 5.41) is 11.7. The minimum Gasteiger partial charge on any atom is -0.481 e. The molecule has 1 aliphatic heterocycles. The second kappa shape index (κ2) is 9.10. The number of aliphatic carboxylic acids is 1. The molecule has 2 N–H and O–H groups in total. The first kappa shape index (κ1) is 22.4. The number of alkyl carbamates (subject to hydrolysis) is 1. The van der Waals surface area contributed by atoms with Crippen molar-refractivity contribution in [1.29, 1.82) is 0 Å². The highest BCUT2D eigenvalue weighted by atomic mass is 16.5. The summed E-state index contributed by atoms with van der Waals surface area (Å²) in [6, 6.07) is 16.3. The number of hydrogen-bond donors (Lipinski definition) is 2. The average Bonchev–Trinajstić information content (AvgIpc) is 3.56.